The van der Waals surface area contributed by atoms with Gasteiger partial charge in [0.1, 0.15) is 5.69 Å². The molecule has 1 aromatic heterocycles. The Labute approximate surface area is 184 Å². The Balaban J connectivity index is 1.60. The van der Waals surface area contributed by atoms with E-state index in [-0.39, 0.29) is 11.3 Å². The average molecular weight is 425 g/mol. The van der Waals surface area contributed by atoms with Crippen LogP contribution in [0.25, 0.3) is 16.9 Å². The number of benzene rings is 3. The van der Waals surface area contributed by atoms with Gasteiger partial charge in [-0.1, -0.05) is 42.0 Å². The lowest BCUT2D eigenvalue weighted by molar-refractivity contribution is -0.384. The summed E-state index contributed by atoms with van der Waals surface area (Å²) >= 11 is 0. The van der Waals surface area contributed by atoms with E-state index < -0.39 is 10.8 Å². The number of aromatic nitrogens is 2. The predicted molar refractivity (Wildman–Crippen MR) is 122 cm³/mol. The van der Waals surface area contributed by atoms with E-state index in [9.17, 15) is 14.9 Å². The van der Waals surface area contributed by atoms with Crippen molar-refractivity contribution >= 4 is 17.8 Å². The van der Waals surface area contributed by atoms with Gasteiger partial charge in [0.05, 0.1) is 16.8 Å². The Morgan fingerprint density at radius 1 is 1.06 bits per heavy atom. The summed E-state index contributed by atoms with van der Waals surface area (Å²) in [4.78, 5) is 22.6. The quantitative estimate of drug-likeness (QED) is 0.279. The highest BCUT2D eigenvalue weighted by atomic mass is 16.6. The molecule has 1 amide bonds. The Morgan fingerprint density at radius 2 is 1.81 bits per heavy atom. The van der Waals surface area contributed by atoms with Crippen LogP contribution in [-0.2, 0) is 0 Å². The van der Waals surface area contributed by atoms with Crippen LogP contribution in [0.4, 0.5) is 5.69 Å². The summed E-state index contributed by atoms with van der Waals surface area (Å²) in [5.74, 6) is -0.469. The average Bonchev–Trinajstić information content (AvgIpc) is 3.24. The molecule has 0 radical (unpaired) electrons. The van der Waals surface area contributed by atoms with Gasteiger partial charge >= 0.3 is 0 Å². The largest absolute Gasteiger partial charge is 0.271 e. The number of non-ortho nitro benzene ring substituents is 1. The summed E-state index contributed by atoms with van der Waals surface area (Å²) in [6.45, 7) is 2.01. The van der Waals surface area contributed by atoms with Crippen molar-refractivity contribution in [2.24, 2.45) is 5.10 Å². The first kappa shape index (κ1) is 20.7. The van der Waals surface area contributed by atoms with E-state index in [0.29, 0.717) is 0 Å². The van der Waals surface area contributed by atoms with Crippen LogP contribution in [0.5, 0.6) is 0 Å². The number of para-hydroxylation sites is 1. The predicted octanol–water partition coefficient (Wildman–Crippen LogP) is 4.52. The van der Waals surface area contributed by atoms with Crippen molar-refractivity contribution in [1.29, 1.82) is 0 Å². The Hall–Kier alpha value is -4.59. The monoisotopic (exact) mass is 425 g/mol. The van der Waals surface area contributed by atoms with E-state index in [1.54, 1.807) is 4.68 Å². The Kier molecular flexibility index (Phi) is 5.85. The smallest absolute Gasteiger partial charge is 0.267 e. The number of carbonyl (C=O) groups is 1. The molecule has 8 nitrogen and oxygen atoms in total. The minimum atomic E-state index is -0.517. The third-order valence-electron chi connectivity index (χ3n) is 4.76. The molecule has 4 aromatic rings. The van der Waals surface area contributed by atoms with E-state index in [1.807, 2.05) is 67.7 Å². The van der Waals surface area contributed by atoms with Crippen LogP contribution in [0.3, 0.4) is 0 Å². The van der Waals surface area contributed by atoms with E-state index >= 15 is 0 Å². The van der Waals surface area contributed by atoms with Crippen LogP contribution in [0, 0.1) is 17.0 Å². The number of hydrazone groups is 1. The number of nitrogens with zero attached hydrogens (tertiary/aromatic N) is 4. The molecule has 0 aliphatic carbocycles. The fourth-order valence-electron chi connectivity index (χ4n) is 3.17. The molecule has 0 atom stereocenters. The van der Waals surface area contributed by atoms with Crippen LogP contribution in [0.1, 0.15) is 21.5 Å². The molecule has 0 aliphatic heterocycles. The third kappa shape index (κ3) is 4.59. The first-order valence-electron chi connectivity index (χ1n) is 9.81. The van der Waals surface area contributed by atoms with Gasteiger partial charge in [0.25, 0.3) is 11.6 Å². The number of hydrogen-bond acceptors (Lipinski definition) is 5. The van der Waals surface area contributed by atoms with Crippen LogP contribution < -0.4 is 5.43 Å². The lowest BCUT2D eigenvalue weighted by atomic mass is 10.1. The maximum atomic E-state index is 12.3. The minimum Gasteiger partial charge on any atom is -0.267 e. The SMILES string of the molecule is Cc1cccc(-c2nn(-c3ccccc3)cc2C=NNC(=O)c2ccc([N+](=O)[O-])cc2)c1. The van der Waals surface area contributed by atoms with Crippen LogP contribution in [-0.4, -0.2) is 26.8 Å². The topological polar surface area (TPSA) is 102 Å². The van der Waals surface area contributed by atoms with Gasteiger partial charge in [-0.2, -0.15) is 10.2 Å². The van der Waals surface area contributed by atoms with E-state index in [4.69, 9.17) is 5.10 Å². The number of aryl methyl sites for hydroxylation is 1. The molecule has 0 saturated carbocycles. The van der Waals surface area contributed by atoms with Crippen LogP contribution in [0.2, 0.25) is 0 Å². The maximum absolute atomic E-state index is 12.3. The zero-order valence-corrected chi connectivity index (χ0v) is 17.2. The van der Waals surface area contributed by atoms with E-state index in [2.05, 4.69) is 10.5 Å². The molecular formula is C24H19N5O3. The molecule has 158 valence electrons. The highest BCUT2D eigenvalue weighted by Gasteiger charge is 2.12. The zero-order chi connectivity index (χ0) is 22.5. The molecule has 0 unspecified atom stereocenters. The highest BCUT2D eigenvalue weighted by molar-refractivity contribution is 5.95. The summed E-state index contributed by atoms with van der Waals surface area (Å²) in [5.41, 5.74) is 7.03. The molecule has 1 heterocycles. The molecule has 0 aliphatic rings. The number of hydrogen-bond donors (Lipinski definition) is 1. The molecule has 0 bridgehead atoms. The molecule has 0 saturated heterocycles. The lowest BCUT2D eigenvalue weighted by Crippen LogP contribution is -2.17. The molecule has 32 heavy (non-hydrogen) atoms. The van der Waals surface area contributed by atoms with Crippen molar-refractivity contribution in [3.05, 3.63) is 112 Å². The minimum absolute atomic E-state index is 0.0822. The van der Waals surface area contributed by atoms with Crippen LogP contribution >= 0.6 is 0 Å². The molecule has 4 rings (SSSR count). The molecule has 1 N–H and O–H groups in total. The van der Waals surface area contributed by atoms with E-state index in [1.165, 1.54) is 30.5 Å². The van der Waals surface area contributed by atoms with Crippen molar-refractivity contribution in [3.63, 3.8) is 0 Å². The molecule has 8 heteroatoms. The second-order valence-electron chi connectivity index (χ2n) is 7.09. The zero-order valence-electron chi connectivity index (χ0n) is 17.2. The van der Waals surface area contributed by atoms with E-state index in [0.717, 1.165) is 28.1 Å². The highest BCUT2D eigenvalue weighted by Crippen LogP contribution is 2.23. The molecule has 3 aromatic carbocycles. The van der Waals surface area contributed by atoms with Gasteiger partial charge in [-0.15, -0.1) is 0 Å². The first-order valence-corrected chi connectivity index (χ1v) is 9.81. The molecular weight excluding hydrogens is 406 g/mol. The summed E-state index contributed by atoms with van der Waals surface area (Å²) in [7, 11) is 0. The molecule has 0 spiro atoms. The summed E-state index contributed by atoms with van der Waals surface area (Å²) in [6, 6.07) is 23.0. The number of nitrogens with one attached hydrogen (secondary N) is 1. The molecule has 0 fully saturated rings. The van der Waals surface area contributed by atoms with Crippen LogP contribution in [0.15, 0.2) is 90.2 Å². The van der Waals surface area contributed by atoms with Gasteiger partial charge < -0.3 is 0 Å². The van der Waals surface area contributed by atoms with Crippen molar-refractivity contribution < 1.29 is 9.72 Å². The van der Waals surface area contributed by atoms with Gasteiger partial charge in [0, 0.05) is 35.0 Å². The fourth-order valence-corrected chi connectivity index (χ4v) is 3.17. The van der Waals surface area contributed by atoms with Crippen molar-refractivity contribution in [2.75, 3.05) is 0 Å². The van der Waals surface area contributed by atoms with Gasteiger partial charge in [0.15, 0.2) is 0 Å². The Bertz CT molecular complexity index is 1290. The standard InChI is InChI=1S/C24H19N5O3/c1-17-6-5-7-19(14-17)23-20(16-28(27-23)21-8-3-2-4-9-21)15-25-26-24(30)18-10-12-22(13-11-18)29(31)32/h2-16H,1H3,(H,26,30). The number of rotatable bonds is 6. The van der Waals surface area contributed by atoms with Crippen molar-refractivity contribution in [3.8, 4) is 16.9 Å². The van der Waals surface area contributed by atoms with Gasteiger partial charge in [-0.3, -0.25) is 14.9 Å². The van der Waals surface area contributed by atoms with Crippen molar-refractivity contribution in [2.45, 2.75) is 6.92 Å². The lowest BCUT2D eigenvalue weighted by Gasteiger charge is -2.02. The number of nitro benzene ring substituents is 1. The van der Waals surface area contributed by atoms with Crippen molar-refractivity contribution in [1.82, 2.24) is 15.2 Å². The number of amides is 1. The normalized spacial score (nSPS) is 10.9. The summed E-state index contributed by atoms with van der Waals surface area (Å²) < 4.78 is 1.76. The summed E-state index contributed by atoms with van der Waals surface area (Å²) in [5, 5.41) is 19.6. The van der Waals surface area contributed by atoms with Gasteiger partial charge in [-0.05, 0) is 37.3 Å². The van der Waals surface area contributed by atoms with Gasteiger partial charge in [0.2, 0.25) is 0 Å². The number of carbonyl (C=O) groups excluding carboxylic acids is 1. The number of nitro groups is 1. The summed E-state index contributed by atoms with van der Waals surface area (Å²) in [6.07, 6.45) is 3.38. The van der Waals surface area contributed by atoms with Gasteiger partial charge in [-0.25, -0.2) is 10.1 Å². The fraction of sp³-hybridized carbons (Fsp3) is 0.0417. The first-order chi connectivity index (χ1) is 15.5. The Morgan fingerprint density at radius 3 is 2.50 bits per heavy atom. The maximum Gasteiger partial charge on any atom is 0.271 e. The third-order valence-corrected chi connectivity index (χ3v) is 4.76. The second kappa shape index (κ2) is 9.05. The second-order valence-corrected chi connectivity index (χ2v) is 7.09.